The van der Waals surface area contributed by atoms with Crippen molar-refractivity contribution in [2.45, 2.75) is 32.5 Å². The number of benzene rings is 1. The molecule has 1 unspecified atom stereocenters. The predicted molar refractivity (Wildman–Crippen MR) is 89.3 cm³/mol. The highest BCUT2D eigenvalue weighted by atomic mass is 16.7. The SMILES string of the molecule is CCOC(=O)c1ccccc1OCOCOCCOC1CCCCO1. The van der Waals surface area contributed by atoms with Crippen LogP contribution in [0.1, 0.15) is 36.5 Å². The maximum absolute atomic E-state index is 11.8. The number of ether oxygens (including phenoxy) is 6. The maximum Gasteiger partial charge on any atom is 0.341 e. The highest BCUT2D eigenvalue weighted by Gasteiger charge is 2.14. The van der Waals surface area contributed by atoms with E-state index in [1.807, 2.05) is 0 Å². The highest BCUT2D eigenvalue weighted by Crippen LogP contribution is 2.19. The molecule has 0 spiro atoms. The van der Waals surface area contributed by atoms with Gasteiger partial charge in [0.1, 0.15) is 11.3 Å². The zero-order valence-corrected chi connectivity index (χ0v) is 14.6. The molecule has 0 bridgehead atoms. The molecule has 2 rings (SSSR count). The molecule has 7 nitrogen and oxygen atoms in total. The Kier molecular flexibility index (Phi) is 9.28. The predicted octanol–water partition coefficient (Wildman–Crippen LogP) is 2.73. The number of carbonyl (C=O) groups excluding carboxylic acids is 1. The fourth-order valence-corrected chi connectivity index (χ4v) is 2.31. The van der Waals surface area contributed by atoms with Gasteiger partial charge < -0.3 is 28.4 Å². The van der Waals surface area contributed by atoms with E-state index in [4.69, 9.17) is 28.4 Å². The fourth-order valence-electron chi connectivity index (χ4n) is 2.31. The summed E-state index contributed by atoms with van der Waals surface area (Å²) >= 11 is 0. The van der Waals surface area contributed by atoms with E-state index >= 15 is 0 Å². The van der Waals surface area contributed by atoms with Crippen LogP contribution in [0, 0.1) is 0 Å². The van der Waals surface area contributed by atoms with Gasteiger partial charge in [-0.15, -0.1) is 0 Å². The van der Waals surface area contributed by atoms with Crippen molar-refractivity contribution in [1.29, 1.82) is 0 Å². The minimum absolute atomic E-state index is 0.0248. The molecule has 1 saturated heterocycles. The molecule has 1 aromatic rings. The second-order valence-electron chi connectivity index (χ2n) is 5.38. The Bertz CT molecular complexity index is 500. The zero-order chi connectivity index (χ0) is 17.7. The molecule has 0 aliphatic carbocycles. The van der Waals surface area contributed by atoms with Gasteiger partial charge in [-0.2, -0.15) is 0 Å². The molecule has 140 valence electrons. The van der Waals surface area contributed by atoms with Gasteiger partial charge >= 0.3 is 5.97 Å². The van der Waals surface area contributed by atoms with E-state index in [2.05, 4.69) is 0 Å². The van der Waals surface area contributed by atoms with E-state index < -0.39 is 5.97 Å². The lowest BCUT2D eigenvalue weighted by Gasteiger charge is -2.22. The average molecular weight is 354 g/mol. The Hall–Kier alpha value is -1.67. The highest BCUT2D eigenvalue weighted by molar-refractivity contribution is 5.92. The van der Waals surface area contributed by atoms with Crippen LogP contribution in [0.15, 0.2) is 24.3 Å². The summed E-state index contributed by atoms with van der Waals surface area (Å²) in [4.78, 5) is 11.8. The summed E-state index contributed by atoms with van der Waals surface area (Å²) in [7, 11) is 0. The van der Waals surface area contributed by atoms with Crippen LogP contribution >= 0.6 is 0 Å². The number of hydrogen-bond acceptors (Lipinski definition) is 7. The van der Waals surface area contributed by atoms with Crippen LogP contribution < -0.4 is 4.74 Å². The summed E-state index contributed by atoms with van der Waals surface area (Å²) in [6.07, 6.45) is 3.06. The lowest BCUT2D eigenvalue weighted by Crippen LogP contribution is -2.24. The van der Waals surface area contributed by atoms with E-state index in [-0.39, 0.29) is 19.9 Å². The Morgan fingerprint density at radius 1 is 1.16 bits per heavy atom. The molecular weight excluding hydrogens is 328 g/mol. The largest absolute Gasteiger partial charge is 0.467 e. The van der Waals surface area contributed by atoms with Crippen LogP contribution in [0.5, 0.6) is 5.75 Å². The summed E-state index contributed by atoms with van der Waals surface area (Å²) in [6, 6.07) is 6.86. The third kappa shape index (κ3) is 7.39. The molecule has 1 atom stereocenters. The van der Waals surface area contributed by atoms with Gasteiger partial charge in [0.2, 0.25) is 0 Å². The number of rotatable bonds is 11. The minimum Gasteiger partial charge on any atom is -0.467 e. The van der Waals surface area contributed by atoms with Gasteiger partial charge in [0.25, 0.3) is 0 Å². The van der Waals surface area contributed by atoms with Crippen molar-refractivity contribution in [1.82, 2.24) is 0 Å². The maximum atomic E-state index is 11.8. The standard InChI is InChI=1S/C18H26O7/c1-2-22-18(19)15-7-3-4-8-16(15)25-14-21-13-20-11-12-24-17-9-5-6-10-23-17/h3-4,7-8,17H,2,5-6,9-14H2,1H3. The van der Waals surface area contributed by atoms with Gasteiger partial charge in [-0.1, -0.05) is 12.1 Å². The Morgan fingerprint density at radius 3 is 2.84 bits per heavy atom. The van der Waals surface area contributed by atoms with Crippen LogP contribution in [0.3, 0.4) is 0 Å². The first kappa shape index (κ1) is 19.7. The molecule has 0 N–H and O–H groups in total. The second kappa shape index (κ2) is 11.8. The van der Waals surface area contributed by atoms with Crippen molar-refractivity contribution in [3.05, 3.63) is 29.8 Å². The van der Waals surface area contributed by atoms with E-state index in [1.54, 1.807) is 31.2 Å². The Labute approximate surface area is 148 Å². The van der Waals surface area contributed by atoms with Crippen molar-refractivity contribution in [3.8, 4) is 5.75 Å². The summed E-state index contributed by atoms with van der Waals surface area (Å²) in [5.41, 5.74) is 0.370. The van der Waals surface area contributed by atoms with Crippen molar-refractivity contribution >= 4 is 5.97 Å². The topological polar surface area (TPSA) is 72.5 Å². The first-order valence-corrected chi connectivity index (χ1v) is 8.59. The zero-order valence-electron chi connectivity index (χ0n) is 14.6. The fraction of sp³-hybridized carbons (Fsp3) is 0.611. The summed E-state index contributed by atoms with van der Waals surface area (Å²) in [6.45, 7) is 3.76. The molecule has 1 aromatic carbocycles. The Morgan fingerprint density at radius 2 is 2.04 bits per heavy atom. The van der Waals surface area contributed by atoms with E-state index in [9.17, 15) is 4.79 Å². The molecule has 7 heteroatoms. The molecule has 1 aliphatic rings. The van der Waals surface area contributed by atoms with Crippen molar-refractivity contribution in [3.63, 3.8) is 0 Å². The average Bonchev–Trinajstić information content (AvgIpc) is 2.65. The van der Waals surface area contributed by atoms with Crippen LogP contribution in [-0.2, 0) is 23.7 Å². The van der Waals surface area contributed by atoms with Gasteiger partial charge in [-0.05, 0) is 38.3 Å². The number of esters is 1. The second-order valence-corrected chi connectivity index (χ2v) is 5.38. The molecule has 0 saturated carbocycles. The number of carbonyl (C=O) groups is 1. The van der Waals surface area contributed by atoms with E-state index in [0.717, 1.165) is 25.9 Å². The summed E-state index contributed by atoms with van der Waals surface area (Å²) < 4.78 is 32.0. The van der Waals surface area contributed by atoms with Crippen LogP contribution in [0.25, 0.3) is 0 Å². The van der Waals surface area contributed by atoms with Gasteiger partial charge in [0.05, 0.1) is 19.8 Å². The molecule has 0 radical (unpaired) electrons. The van der Waals surface area contributed by atoms with Crippen LogP contribution in [0.2, 0.25) is 0 Å². The normalized spacial score (nSPS) is 17.2. The molecular formula is C18H26O7. The monoisotopic (exact) mass is 354 g/mol. The number of para-hydroxylation sites is 1. The third-order valence-corrected chi connectivity index (χ3v) is 3.52. The smallest absolute Gasteiger partial charge is 0.341 e. The molecule has 0 aromatic heterocycles. The number of hydrogen-bond donors (Lipinski definition) is 0. The first-order valence-electron chi connectivity index (χ1n) is 8.59. The molecule has 1 fully saturated rings. The van der Waals surface area contributed by atoms with Gasteiger partial charge in [0.15, 0.2) is 19.9 Å². The summed E-state index contributed by atoms with van der Waals surface area (Å²) in [5, 5.41) is 0. The van der Waals surface area contributed by atoms with Gasteiger partial charge in [0, 0.05) is 6.61 Å². The van der Waals surface area contributed by atoms with Crippen molar-refractivity contribution in [2.24, 2.45) is 0 Å². The lowest BCUT2D eigenvalue weighted by molar-refractivity contribution is -0.177. The van der Waals surface area contributed by atoms with Crippen LogP contribution in [0.4, 0.5) is 0 Å². The van der Waals surface area contributed by atoms with Crippen molar-refractivity contribution in [2.75, 3.05) is 40.0 Å². The Balaban J connectivity index is 1.55. The van der Waals surface area contributed by atoms with E-state index in [0.29, 0.717) is 31.1 Å². The minimum atomic E-state index is -0.420. The summed E-state index contributed by atoms with van der Waals surface area (Å²) in [5.74, 6) is -0.00448. The quantitative estimate of drug-likeness (QED) is 0.344. The molecule has 25 heavy (non-hydrogen) atoms. The van der Waals surface area contributed by atoms with Gasteiger partial charge in [-0.3, -0.25) is 0 Å². The van der Waals surface area contributed by atoms with Crippen molar-refractivity contribution < 1.29 is 33.2 Å². The lowest BCUT2D eigenvalue weighted by atomic mass is 10.2. The van der Waals surface area contributed by atoms with Crippen LogP contribution in [-0.4, -0.2) is 52.3 Å². The molecule has 0 amide bonds. The van der Waals surface area contributed by atoms with Gasteiger partial charge in [-0.25, -0.2) is 4.79 Å². The molecule has 1 aliphatic heterocycles. The molecule has 1 heterocycles. The first-order chi connectivity index (χ1) is 12.3. The van der Waals surface area contributed by atoms with E-state index in [1.165, 1.54) is 0 Å². The third-order valence-electron chi connectivity index (χ3n) is 3.52.